The molecule has 1 unspecified atom stereocenters. The van der Waals surface area contributed by atoms with Gasteiger partial charge in [-0.1, -0.05) is 19.1 Å². The Balaban J connectivity index is 2.33. The van der Waals surface area contributed by atoms with E-state index in [0.29, 0.717) is 12.5 Å². The highest BCUT2D eigenvalue weighted by Crippen LogP contribution is 2.12. The van der Waals surface area contributed by atoms with E-state index in [-0.39, 0.29) is 5.82 Å². The quantitative estimate of drug-likeness (QED) is 0.708. The second kappa shape index (κ2) is 8.20. The minimum absolute atomic E-state index is 0.190. The van der Waals surface area contributed by atoms with Crippen molar-refractivity contribution in [3.8, 4) is 0 Å². The smallest absolute Gasteiger partial charge is 0.123 e. The SMILES string of the molecule is CCCOCCC(CN)Cc1ccc(F)cc1. The van der Waals surface area contributed by atoms with Crippen molar-refractivity contribution in [2.45, 2.75) is 26.2 Å². The summed E-state index contributed by atoms with van der Waals surface area (Å²) in [4.78, 5) is 0. The van der Waals surface area contributed by atoms with E-state index in [1.54, 1.807) is 0 Å². The zero-order valence-corrected chi connectivity index (χ0v) is 10.5. The fourth-order valence-corrected chi connectivity index (χ4v) is 1.75. The Morgan fingerprint density at radius 3 is 2.53 bits per heavy atom. The molecule has 0 saturated carbocycles. The molecule has 2 nitrogen and oxygen atoms in total. The molecule has 0 radical (unpaired) electrons. The summed E-state index contributed by atoms with van der Waals surface area (Å²) in [6.45, 7) is 4.32. The van der Waals surface area contributed by atoms with E-state index < -0.39 is 0 Å². The topological polar surface area (TPSA) is 35.2 Å². The molecule has 0 amide bonds. The van der Waals surface area contributed by atoms with Gasteiger partial charge in [0, 0.05) is 13.2 Å². The summed E-state index contributed by atoms with van der Waals surface area (Å²) >= 11 is 0. The van der Waals surface area contributed by atoms with Gasteiger partial charge in [-0.15, -0.1) is 0 Å². The Bertz CT molecular complexity index is 300. The number of nitrogens with two attached hydrogens (primary N) is 1. The maximum Gasteiger partial charge on any atom is 0.123 e. The molecular formula is C14H22FNO. The number of hydrogen-bond donors (Lipinski definition) is 1. The van der Waals surface area contributed by atoms with Crippen LogP contribution in [-0.2, 0) is 11.2 Å². The molecule has 2 N–H and O–H groups in total. The van der Waals surface area contributed by atoms with Crippen molar-refractivity contribution in [3.05, 3.63) is 35.6 Å². The molecule has 0 aliphatic heterocycles. The number of ether oxygens (including phenoxy) is 1. The Morgan fingerprint density at radius 2 is 1.94 bits per heavy atom. The van der Waals surface area contributed by atoms with Gasteiger partial charge in [-0.2, -0.15) is 0 Å². The van der Waals surface area contributed by atoms with Crippen LogP contribution in [0.15, 0.2) is 24.3 Å². The normalized spacial score (nSPS) is 12.6. The lowest BCUT2D eigenvalue weighted by Crippen LogP contribution is -2.19. The van der Waals surface area contributed by atoms with Gasteiger partial charge in [-0.25, -0.2) is 4.39 Å². The van der Waals surface area contributed by atoms with Crippen LogP contribution in [0.4, 0.5) is 4.39 Å². The second-order valence-electron chi connectivity index (χ2n) is 4.33. The van der Waals surface area contributed by atoms with Gasteiger partial charge in [0.05, 0.1) is 0 Å². The molecule has 1 aromatic rings. The predicted octanol–water partition coefficient (Wildman–Crippen LogP) is 2.76. The third kappa shape index (κ3) is 5.80. The maximum absolute atomic E-state index is 12.7. The first-order chi connectivity index (χ1) is 8.26. The van der Waals surface area contributed by atoms with Gasteiger partial charge >= 0.3 is 0 Å². The van der Waals surface area contributed by atoms with Gasteiger partial charge in [-0.3, -0.25) is 0 Å². The van der Waals surface area contributed by atoms with E-state index in [4.69, 9.17) is 10.5 Å². The monoisotopic (exact) mass is 239 g/mol. The van der Waals surface area contributed by atoms with Crippen molar-refractivity contribution in [1.82, 2.24) is 0 Å². The highest BCUT2D eigenvalue weighted by Gasteiger charge is 2.07. The van der Waals surface area contributed by atoms with Gasteiger partial charge in [0.1, 0.15) is 5.82 Å². The largest absolute Gasteiger partial charge is 0.381 e. The lowest BCUT2D eigenvalue weighted by molar-refractivity contribution is 0.121. The molecule has 0 heterocycles. The van der Waals surface area contributed by atoms with Crippen LogP contribution < -0.4 is 5.73 Å². The Morgan fingerprint density at radius 1 is 1.24 bits per heavy atom. The van der Waals surface area contributed by atoms with Crippen LogP contribution in [0.25, 0.3) is 0 Å². The second-order valence-corrected chi connectivity index (χ2v) is 4.33. The van der Waals surface area contributed by atoms with Gasteiger partial charge in [0.15, 0.2) is 0 Å². The van der Waals surface area contributed by atoms with Crippen LogP contribution in [0.1, 0.15) is 25.3 Å². The first kappa shape index (κ1) is 14.1. The number of benzene rings is 1. The van der Waals surface area contributed by atoms with Crippen LogP contribution in [0, 0.1) is 11.7 Å². The Hall–Kier alpha value is -0.930. The molecule has 0 bridgehead atoms. The summed E-state index contributed by atoms with van der Waals surface area (Å²) < 4.78 is 18.2. The van der Waals surface area contributed by atoms with E-state index >= 15 is 0 Å². The van der Waals surface area contributed by atoms with E-state index in [1.807, 2.05) is 12.1 Å². The van der Waals surface area contributed by atoms with Crippen molar-refractivity contribution in [2.24, 2.45) is 11.7 Å². The zero-order valence-electron chi connectivity index (χ0n) is 10.5. The van der Waals surface area contributed by atoms with Crippen LogP contribution >= 0.6 is 0 Å². The summed E-state index contributed by atoms with van der Waals surface area (Å²) in [6, 6.07) is 6.64. The molecular weight excluding hydrogens is 217 g/mol. The molecule has 1 atom stereocenters. The molecule has 0 spiro atoms. The minimum Gasteiger partial charge on any atom is -0.381 e. The fourth-order valence-electron chi connectivity index (χ4n) is 1.75. The third-order valence-electron chi connectivity index (χ3n) is 2.79. The molecule has 0 saturated heterocycles. The lowest BCUT2D eigenvalue weighted by atomic mass is 9.97. The van der Waals surface area contributed by atoms with E-state index in [1.165, 1.54) is 12.1 Å². The zero-order chi connectivity index (χ0) is 12.5. The van der Waals surface area contributed by atoms with E-state index in [0.717, 1.165) is 38.0 Å². The molecule has 0 aliphatic carbocycles. The molecule has 0 fully saturated rings. The van der Waals surface area contributed by atoms with Gasteiger partial charge in [0.25, 0.3) is 0 Å². The van der Waals surface area contributed by atoms with Crippen molar-refractivity contribution >= 4 is 0 Å². The van der Waals surface area contributed by atoms with Gasteiger partial charge in [-0.05, 0) is 49.4 Å². The average Bonchev–Trinajstić information content (AvgIpc) is 2.35. The van der Waals surface area contributed by atoms with E-state index in [2.05, 4.69) is 6.92 Å². The number of halogens is 1. The minimum atomic E-state index is -0.190. The summed E-state index contributed by atoms with van der Waals surface area (Å²) in [5.74, 6) is 0.224. The highest BCUT2D eigenvalue weighted by atomic mass is 19.1. The van der Waals surface area contributed by atoms with Crippen LogP contribution in [-0.4, -0.2) is 19.8 Å². The van der Waals surface area contributed by atoms with Gasteiger partial charge < -0.3 is 10.5 Å². The molecule has 1 rings (SSSR count). The van der Waals surface area contributed by atoms with Crippen molar-refractivity contribution < 1.29 is 9.13 Å². The first-order valence-electron chi connectivity index (χ1n) is 6.28. The standard InChI is InChI=1S/C14H22FNO/c1-2-8-17-9-7-13(11-16)10-12-3-5-14(15)6-4-12/h3-6,13H,2,7-11,16H2,1H3. The third-order valence-corrected chi connectivity index (χ3v) is 2.79. The molecule has 0 aromatic heterocycles. The Labute approximate surface area is 103 Å². The first-order valence-corrected chi connectivity index (χ1v) is 6.28. The van der Waals surface area contributed by atoms with E-state index in [9.17, 15) is 4.39 Å². The Kier molecular flexibility index (Phi) is 6.82. The van der Waals surface area contributed by atoms with Crippen LogP contribution in [0.2, 0.25) is 0 Å². The molecule has 3 heteroatoms. The van der Waals surface area contributed by atoms with Crippen LogP contribution in [0.3, 0.4) is 0 Å². The highest BCUT2D eigenvalue weighted by molar-refractivity contribution is 5.16. The predicted molar refractivity (Wildman–Crippen MR) is 68.4 cm³/mol. The molecule has 17 heavy (non-hydrogen) atoms. The lowest BCUT2D eigenvalue weighted by Gasteiger charge is -2.14. The summed E-state index contributed by atoms with van der Waals surface area (Å²) in [7, 11) is 0. The van der Waals surface area contributed by atoms with Crippen LogP contribution in [0.5, 0.6) is 0 Å². The molecule has 1 aromatic carbocycles. The summed E-state index contributed by atoms with van der Waals surface area (Å²) in [6.07, 6.45) is 2.91. The van der Waals surface area contributed by atoms with Gasteiger partial charge in [0.2, 0.25) is 0 Å². The summed E-state index contributed by atoms with van der Waals surface area (Å²) in [5, 5.41) is 0. The molecule has 96 valence electrons. The number of hydrogen-bond acceptors (Lipinski definition) is 2. The number of rotatable bonds is 8. The van der Waals surface area contributed by atoms with Crippen molar-refractivity contribution in [2.75, 3.05) is 19.8 Å². The molecule has 0 aliphatic rings. The average molecular weight is 239 g/mol. The fraction of sp³-hybridized carbons (Fsp3) is 0.571. The van der Waals surface area contributed by atoms with Crippen molar-refractivity contribution in [1.29, 1.82) is 0 Å². The van der Waals surface area contributed by atoms with Crippen molar-refractivity contribution in [3.63, 3.8) is 0 Å². The maximum atomic E-state index is 12.7. The summed E-state index contributed by atoms with van der Waals surface area (Å²) in [5.41, 5.74) is 6.87.